The molecule has 1 aromatic heterocycles. The molecule has 10 heteroatoms. The third-order valence-corrected chi connectivity index (χ3v) is 4.41. The van der Waals surface area contributed by atoms with Crippen LogP contribution in [-0.4, -0.2) is 36.7 Å². The van der Waals surface area contributed by atoms with E-state index in [4.69, 9.17) is 12.2 Å². The predicted octanol–water partition coefficient (Wildman–Crippen LogP) is 2.29. The van der Waals surface area contributed by atoms with Crippen molar-refractivity contribution in [3.63, 3.8) is 0 Å². The number of hydrogen-bond acceptors (Lipinski definition) is 5. The van der Waals surface area contributed by atoms with E-state index in [-0.39, 0.29) is 22.1 Å². The SMILES string of the molecule is COC(=O)c1cc(C(=S)N(F)c2cccc(F)c2)cn1S(C)(=O)=O. The van der Waals surface area contributed by atoms with Gasteiger partial charge in [-0.2, -0.15) is 5.12 Å². The Hall–Kier alpha value is -2.33. The number of esters is 1. The van der Waals surface area contributed by atoms with Crippen molar-refractivity contribution in [1.29, 1.82) is 0 Å². The number of carbonyl (C=O) groups is 1. The van der Waals surface area contributed by atoms with Crippen LogP contribution in [0, 0.1) is 5.82 Å². The summed E-state index contributed by atoms with van der Waals surface area (Å²) >= 11 is 4.96. The molecular formula is C14H12F2N2O4S2. The van der Waals surface area contributed by atoms with Gasteiger partial charge in [-0.25, -0.2) is 21.6 Å². The molecule has 6 nitrogen and oxygen atoms in total. The first kappa shape index (κ1) is 18.0. The van der Waals surface area contributed by atoms with Crippen molar-refractivity contribution >= 4 is 38.9 Å². The standard InChI is InChI=1S/C14H12F2N2O4S2/c1-22-14(19)12-6-9(8-17(12)24(2,20)21)13(23)18(16)11-5-3-4-10(15)7-11/h3-8H,1-2H3. The highest BCUT2D eigenvalue weighted by atomic mass is 32.2. The molecule has 0 aliphatic heterocycles. The molecule has 0 aliphatic carbocycles. The normalized spacial score (nSPS) is 11.2. The molecule has 0 unspecified atom stereocenters. The fourth-order valence-electron chi connectivity index (χ4n) is 1.92. The van der Waals surface area contributed by atoms with E-state index >= 15 is 0 Å². The van der Waals surface area contributed by atoms with Crippen LogP contribution in [-0.2, 0) is 14.8 Å². The van der Waals surface area contributed by atoms with Gasteiger partial charge in [-0.1, -0.05) is 22.8 Å². The van der Waals surface area contributed by atoms with Gasteiger partial charge in [0, 0.05) is 17.8 Å². The third-order valence-electron chi connectivity index (χ3n) is 3.00. The Bertz CT molecular complexity index is 909. The van der Waals surface area contributed by atoms with Crippen molar-refractivity contribution in [2.24, 2.45) is 0 Å². The Morgan fingerprint density at radius 2 is 2.00 bits per heavy atom. The Morgan fingerprint density at radius 3 is 2.54 bits per heavy atom. The number of aromatic nitrogens is 1. The lowest BCUT2D eigenvalue weighted by molar-refractivity contribution is 0.0593. The lowest BCUT2D eigenvalue weighted by Gasteiger charge is -2.13. The molecule has 0 radical (unpaired) electrons. The summed E-state index contributed by atoms with van der Waals surface area (Å²) in [5.41, 5.74) is -0.556. The maximum absolute atomic E-state index is 14.4. The second-order valence-corrected chi connectivity index (χ2v) is 6.98. The number of thiocarbonyl (C=S) groups is 1. The first-order valence-electron chi connectivity index (χ1n) is 6.42. The van der Waals surface area contributed by atoms with Crippen LogP contribution in [0.4, 0.5) is 14.6 Å². The summed E-state index contributed by atoms with van der Waals surface area (Å²) in [7, 11) is -2.77. The molecule has 2 aromatic rings. The van der Waals surface area contributed by atoms with Crippen LogP contribution in [0.25, 0.3) is 0 Å². The Balaban J connectivity index is 2.47. The minimum atomic E-state index is -3.84. The molecule has 0 amide bonds. The van der Waals surface area contributed by atoms with Crippen LogP contribution in [0.3, 0.4) is 0 Å². The second kappa shape index (κ2) is 6.65. The largest absolute Gasteiger partial charge is 0.464 e. The molecule has 0 bridgehead atoms. The Morgan fingerprint density at radius 1 is 1.33 bits per heavy atom. The van der Waals surface area contributed by atoms with Gasteiger partial charge in [0.2, 0.25) is 10.0 Å². The van der Waals surface area contributed by atoms with Crippen molar-refractivity contribution in [3.8, 4) is 0 Å². The number of halogens is 2. The highest BCUT2D eigenvalue weighted by Crippen LogP contribution is 2.22. The van der Waals surface area contributed by atoms with Gasteiger partial charge in [-0.15, -0.1) is 0 Å². The fraction of sp³-hybridized carbons (Fsp3) is 0.143. The summed E-state index contributed by atoms with van der Waals surface area (Å²) < 4.78 is 56.2. The van der Waals surface area contributed by atoms with E-state index in [0.29, 0.717) is 3.97 Å². The predicted molar refractivity (Wildman–Crippen MR) is 87.7 cm³/mol. The van der Waals surface area contributed by atoms with Crippen LogP contribution >= 0.6 is 12.2 Å². The van der Waals surface area contributed by atoms with E-state index in [0.717, 1.165) is 37.8 Å². The van der Waals surface area contributed by atoms with Gasteiger partial charge in [-0.3, -0.25) is 0 Å². The summed E-state index contributed by atoms with van der Waals surface area (Å²) in [5.74, 6) is -1.59. The third kappa shape index (κ3) is 3.60. The Labute approximate surface area is 142 Å². The number of rotatable bonds is 4. The van der Waals surface area contributed by atoms with E-state index in [1.54, 1.807) is 0 Å². The number of benzene rings is 1. The van der Waals surface area contributed by atoms with Gasteiger partial charge in [0.25, 0.3) is 0 Å². The molecule has 24 heavy (non-hydrogen) atoms. The lowest BCUT2D eigenvalue weighted by Crippen LogP contribution is -2.20. The van der Waals surface area contributed by atoms with E-state index < -0.39 is 26.8 Å². The number of carbonyl (C=O) groups excluding carboxylic acids is 1. The molecule has 0 saturated carbocycles. The van der Waals surface area contributed by atoms with Crippen LogP contribution in [0.1, 0.15) is 16.1 Å². The zero-order valence-electron chi connectivity index (χ0n) is 12.6. The second-order valence-electron chi connectivity index (χ2n) is 4.73. The first-order chi connectivity index (χ1) is 11.1. The molecule has 0 N–H and O–H groups in total. The molecule has 0 saturated heterocycles. The number of nitrogens with zero attached hydrogens (tertiary/aromatic N) is 2. The molecule has 0 spiro atoms. The van der Waals surface area contributed by atoms with E-state index in [2.05, 4.69) is 4.74 Å². The number of methoxy groups -OCH3 is 1. The van der Waals surface area contributed by atoms with Crippen LogP contribution < -0.4 is 5.12 Å². The minimum Gasteiger partial charge on any atom is -0.464 e. The Kier molecular flexibility index (Phi) is 4.99. The molecule has 1 heterocycles. The molecule has 0 fully saturated rings. The average molecular weight is 374 g/mol. The number of ether oxygens (including phenoxy) is 1. The average Bonchev–Trinajstić information content (AvgIpc) is 2.98. The van der Waals surface area contributed by atoms with Crippen molar-refractivity contribution in [2.45, 2.75) is 0 Å². The minimum absolute atomic E-state index is 0.0153. The highest BCUT2D eigenvalue weighted by molar-refractivity contribution is 7.89. The first-order valence-corrected chi connectivity index (χ1v) is 8.68. The van der Waals surface area contributed by atoms with Gasteiger partial charge in [0.1, 0.15) is 16.5 Å². The van der Waals surface area contributed by atoms with E-state index in [1.165, 1.54) is 12.1 Å². The lowest BCUT2D eigenvalue weighted by atomic mass is 10.2. The van der Waals surface area contributed by atoms with Crippen LogP contribution in [0.5, 0.6) is 0 Å². The maximum atomic E-state index is 14.4. The molecule has 0 atom stereocenters. The van der Waals surface area contributed by atoms with Gasteiger partial charge in [0.05, 0.1) is 19.1 Å². The van der Waals surface area contributed by atoms with Crippen molar-refractivity contribution in [1.82, 2.24) is 3.97 Å². The summed E-state index contributed by atoms with van der Waals surface area (Å²) in [6.45, 7) is 0. The van der Waals surface area contributed by atoms with Crippen LogP contribution in [0.2, 0.25) is 0 Å². The summed E-state index contributed by atoms with van der Waals surface area (Å²) in [5, 5.41) is 0.0153. The summed E-state index contributed by atoms with van der Waals surface area (Å²) in [4.78, 5) is 11.3. The number of anilines is 1. The molecule has 128 valence electrons. The smallest absolute Gasteiger partial charge is 0.355 e. The van der Waals surface area contributed by atoms with Crippen molar-refractivity contribution < 1.29 is 26.8 Å². The zero-order chi connectivity index (χ0) is 18.1. The van der Waals surface area contributed by atoms with Gasteiger partial charge in [-0.05, 0) is 18.2 Å². The van der Waals surface area contributed by atoms with Crippen molar-refractivity contribution in [2.75, 3.05) is 18.5 Å². The van der Waals surface area contributed by atoms with Crippen LogP contribution in [0.15, 0.2) is 36.5 Å². The molecule has 0 aliphatic rings. The van der Waals surface area contributed by atoms with E-state index in [1.807, 2.05) is 0 Å². The topological polar surface area (TPSA) is 68.6 Å². The summed E-state index contributed by atoms with van der Waals surface area (Å²) in [6.07, 6.45) is 1.86. The van der Waals surface area contributed by atoms with Gasteiger partial charge in [0.15, 0.2) is 0 Å². The number of hydrogen-bond donors (Lipinski definition) is 0. The van der Waals surface area contributed by atoms with Crippen molar-refractivity contribution in [3.05, 3.63) is 53.6 Å². The van der Waals surface area contributed by atoms with Gasteiger partial charge >= 0.3 is 5.97 Å². The maximum Gasteiger partial charge on any atom is 0.355 e. The highest BCUT2D eigenvalue weighted by Gasteiger charge is 2.24. The summed E-state index contributed by atoms with van der Waals surface area (Å²) in [6, 6.07) is 5.71. The zero-order valence-corrected chi connectivity index (χ0v) is 14.2. The molecule has 1 aromatic carbocycles. The molecular weight excluding hydrogens is 362 g/mol. The molecule has 2 rings (SSSR count). The quantitative estimate of drug-likeness (QED) is 0.465. The van der Waals surface area contributed by atoms with Gasteiger partial charge < -0.3 is 4.74 Å². The van der Waals surface area contributed by atoms with E-state index in [9.17, 15) is 22.1 Å². The fourth-order valence-corrected chi connectivity index (χ4v) is 2.92. The monoisotopic (exact) mass is 374 g/mol.